The van der Waals surface area contributed by atoms with E-state index in [1.165, 1.54) is 23.3 Å². The van der Waals surface area contributed by atoms with Crippen molar-refractivity contribution >= 4 is 23.1 Å². The highest BCUT2D eigenvalue weighted by Gasteiger charge is 2.48. The monoisotopic (exact) mass is 491 g/mol. The third-order valence-electron chi connectivity index (χ3n) is 6.97. The highest BCUT2D eigenvalue weighted by Crippen LogP contribution is 2.59. The van der Waals surface area contributed by atoms with Crippen molar-refractivity contribution in [1.82, 2.24) is 15.2 Å². The molecule has 1 aromatic carbocycles. The molecule has 1 N–H and O–H groups in total. The average molecular weight is 492 g/mol. The average Bonchev–Trinajstić information content (AvgIpc) is 3.51. The lowest BCUT2D eigenvalue weighted by Gasteiger charge is -2.24. The smallest absolute Gasteiger partial charge is 0.238 e. The zero-order valence-corrected chi connectivity index (χ0v) is 21.1. The Hall–Kier alpha value is -3.45. The number of ether oxygens (including phenoxy) is 1. The summed E-state index contributed by atoms with van der Waals surface area (Å²) < 4.78 is 19.0. The molecule has 1 aliphatic carbocycles. The molecule has 0 saturated heterocycles. The number of fused-ring (bicyclic) bond motifs is 1. The van der Waals surface area contributed by atoms with Crippen LogP contribution in [0.3, 0.4) is 0 Å². The van der Waals surface area contributed by atoms with Gasteiger partial charge in [0, 0.05) is 22.8 Å². The quantitative estimate of drug-likeness (QED) is 0.407. The van der Waals surface area contributed by atoms with Crippen molar-refractivity contribution in [3.05, 3.63) is 81.9 Å². The minimum atomic E-state index is -0.366. The van der Waals surface area contributed by atoms with Crippen LogP contribution in [0.2, 0.25) is 5.02 Å². The van der Waals surface area contributed by atoms with E-state index in [-0.39, 0.29) is 17.3 Å². The molecular formula is C27H27ClFN5O. The van der Waals surface area contributed by atoms with E-state index < -0.39 is 0 Å². The number of halogens is 2. The van der Waals surface area contributed by atoms with Gasteiger partial charge in [0.05, 0.1) is 18.8 Å². The van der Waals surface area contributed by atoms with Gasteiger partial charge in [0.25, 0.3) is 0 Å². The van der Waals surface area contributed by atoms with Gasteiger partial charge in [0.2, 0.25) is 5.88 Å². The minimum Gasteiger partial charge on any atom is -0.479 e. The molecule has 8 heteroatoms. The van der Waals surface area contributed by atoms with E-state index in [1.54, 1.807) is 13.2 Å². The first kappa shape index (κ1) is 23.3. The van der Waals surface area contributed by atoms with E-state index in [2.05, 4.69) is 46.7 Å². The zero-order valence-electron chi connectivity index (χ0n) is 20.4. The third kappa shape index (κ3) is 4.25. The number of rotatable bonds is 6. The predicted molar refractivity (Wildman–Crippen MR) is 137 cm³/mol. The molecule has 0 bridgehead atoms. The molecule has 0 radical (unpaired) electrons. The molecule has 3 heterocycles. The number of nitrogens with one attached hydrogen (secondary N) is 1. The van der Waals surface area contributed by atoms with Crippen LogP contribution < -0.4 is 15.0 Å². The standard InChI is InChI=1S/C27H27ClFN5O/c1-15-10-23(32-33-25(15)30-17(3)20-7-6-19(29)11-21(20)28)22-8-9-24(26(31-22)35-5)34-13-16(2)27(4)12-18(27)14-34/h6-11,13-14,17H,12H2,1-5H3,(H,30,33)/t17-,27?/m1/s1. The van der Waals surface area contributed by atoms with E-state index in [9.17, 15) is 4.39 Å². The molecule has 2 atom stereocenters. The normalized spacial score (nSPS) is 19.5. The number of benzene rings is 1. The minimum absolute atomic E-state index is 0.178. The summed E-state index contributed by atoms with van der Waals surface area (Å²) in [4.78, 5) is 6.80. The molecule has 180 valence electrons. The molecule has 35 heavy (non-hydrogen) atoms. The summed E-state index contributed by atoms with van der Waals surface area (Å²) in [6, 6.07) is 10.0. The highest BCUT2D eigenvalue weighted by molar-refractivity contribution is 6.31. The molecule has 5 rings (SSSR count). The maximum atomic E-state index is 13.4. The molecule has 2 aliphatic rings. The number of anilines is 2. The molecule has 1 saturated carbocycles. The first-order valence-corrected chi connectivity index (χ1v) is 11.9. The van der Waals surface area contributed by atoms with Gasteiger partial charge in [-0.1, -0.05) is 24.6 Å². The van der Waals surface area contributed by atoms with Crippen LogP contribution in [-0.2, 0) is 0 Å². The van der Waals surface area contributed by atoms with Gasteiger partial charge in [-0.2, -0.15) is 0 Å². The Morgan fingerprint density at radius 3 is 2.60 bits per heavy atom. The molecule has 1 unspecified atom stereocenters. The summed E-state index contributed by atoms with van der Waals surface area (Å²) in [6.45, 7) is 8.33. The van der Waals surface area contributed by atoms with E-state index in [1.807, 2.05) is 32.0 Å². The molecule has 3 aromatic rings. The van der Waals surface area contributed by atoms with Gasteiger partial charge < -0.3 is 15.0 Å². The summed E-state index contributed by atoms with van der Waals surface area (Å²) in [7, 11) is 1.62. The van der Waals surface area contributed by atoms with Crippen LogP contribution in [0.1, 0.15) is 44.4 Å². The summed E-state index contributed by atoms with van der Waals surface area (Å²) in [5.74, 6) is 0.779. The first-order chi connectivity index (χ1) is 16.7. The molecule has 0 spiro atoms. The van der Waals surface area contributed by atoms with E-state index in [0.717, 1.165) is 23.2 Å². The first-order valence-electron chi connectivity index (χ1n) is 11.5. The lowest BCUT2D eigenvalue weighted by atomic mass is 9.98. The van der Waals surface area contributed by atoms with Crippen molar-refractivity contribution in [1.29, 1.82) is 0 Å². The highest BCUT2D eigenvalue weighted by atomic mass is 35.5. The van der Waals surface area contributed by atoms with E-state index >= 15 is 0 Å². The lowest BCUT2D eigenvalue weighted by molar-refractivity contribution is 0.399. The topological polar surface area (TPSA) is 63.2 Å². The number of hydrogen-bond acceptors (Lipinski definition) is 6. The van der Waals surface area contributed by atoms with Crippen LogP contribution in [0.15, 0.2) is 59.9 Å². The van der Waals surface area contributed by atoms with Crippen LogP contribution in [0, 0.1) is 18.2 Å². The molecule has 1 aliphatic heterocycles. The number of aromatic nitrogens is 3. The summed E-state index contributed by atoms with van der Waals surface area (Å²) in [5.41, 5.74) is 6.85. The van der Waals surface area contributed by atoms with Gasteiger partial charge in [-0.3, -0.25) is 0 Å². The van der Waals surface area contributed by atoms with Crippen molar-refractivity contribution < 1.29 is 9.13 Å². The van der Waals surface area contributed by atoms with Gasteiger partial charge in [0.15, 0.2) is 5.82 Å². The van der Waals surface area contributed by atoms with Crippen molar-refractivity contribution in [3.8, 4) is 17.3 Å². The maximum absolute atomic E-state index is 13.4. The van der Waals surface area contributed by atoms with Crippen molar-refractivity contribution in [2.24, 2.45) is 5.41 Å². The van der Waals surface area contributed by atoms with Crippen LogP contribution in [0.4, 0.5) is 15.9 Å². The molecule has 6 nitrogen and oxygen atoms in total. The van der Waals surface area contributed by atoms with Gasteiger partial charge in [-0.25, -0.2) is 9.37 Å². The third-order valence-corrected chi connectivity index (χ3v) is 7.29. The van der Waals surface area contributed by atoms with Gasteiger partial charge in [-0.15, -0.1) is 10.2 Å². The maximum Gasteiger partial charge on any atom is 0.238 e. The number of methoxy groups -OCH3 is 1. The Morgan fingerprint density at radius 1 is 1.11 bits per heavy atom. The van der Waals surface area contributed by atoms with Gasteiger partial charge in [-0.05, 0) is 79.8 Å². The SMILES string of the molecule is COc1nc(-c2cc(C)c(N[C@H](C)c3ccc(F)cc3Cl)nn2)ccc1N1C=C(C)C2(C)CC2=C1. The Bertz CT molecular complexity index is 1390. The van der Waals surface area contributed by atoms with E-state index in [4.69, 9.17) is 21.3 Å². The fourth-order valence-corrected chi connectivity index (χ4v) is 4.75. The fourth-order valence-electron chi connectivity index (χ4n) is 4.42. The Morgan fingerprint density at radius 2 is 1.91 bits per heavy atom. The molecular weight excluding hydrogens is 465 g/mol. The fraction of sp³-hybridized carbons (Fsp3) is 0.296. The largest absolute Gasteiger partial charge is 0.479 e. The number of pyridine rings is 1. The number of allylic oxidation sites excluding steroid dienone is 2. The number of nitrogens with zero attached hydrogens (tertiary/aromatic N) is 4. The van der Waals surface area contributed by atoms with Crippen LogP contribution >= 0.6 is 11.6 Å². The summed E-state index contributed by atoms with van der Waals surface area (Å²) >= 11 is 6.21. The van der Waals surface area contributed by atoms with Crippen LogP contribution in [0.25, 0.3) is 11.4 Å². The second kappa shape index (κ2) is 8.64. The van der Waals surface area contributed by atoms with Crippen LogP contribution in [0.5, 0.6) is 5.88 Å². The van der Waals surface area contributed by atoms with Crippen molar-refractivity contribution in [3.63, 3.8) is 0 Å². The zero-order chi connectivity index (χ0) is 24.9. The Kier molecular flexibility index (Phi) is 5.75. The predicted octanol–water partition coefficient (Wildman–Crippen LogP) is 6.84. The Labute approximate surface area is 209 Å². The van der Waals surface area contributed by atoms with Crippen molar-refractivity contribution in [2.45, 2.75) is 40.2 Å². The summed E-state index contributed by atoms with van der Waals surface area (Å²) in [6.07, 6.45) is 5.42. The van der Waals surface area contributed by atoms with Gasteiger partial charge >= 0.3 is 0 Å². The summed E-state index contributed by atoms with van der Waals surface area (Å²) in [5, 5.41) is 12.4. The number of hydrogen-bond donors (Lipinski definition) is 1. The van der Waals surface area contributed by atoms with Crippen LogP contribution in [-0.4, -0.2) is 22.3 Å². The van der Waals surface area contributed by atoms with Gasteiger partial charge in [0.1, 0.15) is 17.2 Å². The second-order valence-corrected chi connectivity index (χ2v) is 9.81. The molecule has 2 aromatic heterocycles. The number of aryl methyl sites for hydroxylation is 1. The van der Waals surface area contributed by atoms with Crippen molar-refractivity contribution in [2.75, 3.05) is 17.3 Å². The lowest BCUT2D eigenvalue weighted by Crippen LogP contribution is -2.16. The van der Waals surface area contributed by atoms with E-state index in [0.29, 0.717) is 28.1 Å². The Balaban J connectivity index is 1.38. The molecule has 1 fully saturated rings. The second-order valence-electron chi connectivity index (χ2n) is 9.40. The molecule has 0 amide bonds.